The van der Waals surface area contributed by atoms with Gasteiger partial charge in [-0.3, -0.25) is 0 Å². The normalized spacial score (nSPS) is 2.40. The van der Waals surface area contributed by atoms with Gasteiger partial charge in [0.05, 0.1) is 0 Å². The zero-order chi connectivity index (χ0) is 4.00. The highest BCUT2D eigenvalue weighted by atomic mass is 31.0. The second-order valence-electron chi connectivity index (χ2n) is 0. The van der Waals surface area contributed by atoms with Crippen molar-refractivity contribution in [1.82, 2.24) is 0 Å². The Labute approximate surface area is 38.6 Å². The number of rotatable bonds is 0. The van der Waals surface area contributed by atoms with E-state index >= 15 is 0 Å². The van der Waals surface area contributed by atoms with Crippen LogP contribution in [0.1, 0.15) is 27.7 Å². The van der Waals surface area contributed by atoms with Crippen LogP contribution in [0.4, 0.5) is 0 Å². The van der Waals surface area contributed by atoms with Crippen molar-refractivity contribution in [1.29, 1.82) is 0 Å². The van der Waals surface area contributed by atoms with Crippen LogP contribution in [0.5, 0.6) is 0 Å². The molecule has 0 radical (unpaired) electrons. The predicted molar refractivity (Wildman–Crippen MR) is 33.8 cm³/mol. The molecule has 1 unspecified atom stereocenters. The summed E-state index contributed by atoms with van der Waals surface area (Å²) in [5.41, 5.74) is 0. The average Bonchev–Trinajstić information content (AvgIpc) is 1.50. The minimum atomic E-state index is 0. The first kappa shape index (κ1) is 18.0. The standard InChI is InChI=1S/2C2H6.H3P/c2*1-2;/h2*1-2H3;1H3. The summed E-state index contributed by atoms with van der Waals surface area (Å²) in [6.45, 7) is 8.00. The van der Waals surface area contributed by atoms with Gasteiger partial charge in [0.1, 0.15) is 0 Å². The van der Waals surface area contributed by atoms with Gasteiger partial charge in [-0.2, -0.15) is 9.90 Å². The lowest BCUT2D eigenvalue weighted by atomic mass is 11.0. The third-order valence-corrected chi connectivity index (χ3v) is 0. The van der Waals surface area contributed by atoms with Crippen molar-refractivity contribution < 1.29 is 0 Å². The van der Waals surface area contributed by atoms with Crippen molar-refractivity contribution in [2.24, 2.45) is 0 Å². The molecular formula is C4H15P. The van der Waals surface area contributed by atoms with E-state index in [4.69, 9.17) is 0 Å². The molecule has 0 amide bonds. The molecule has 0 aliphatic carbocycles. The molecule has 0 spiro atoms. The second-order valence-corrected chi connectivity index (χ2v) is 0. The van der Waals surface area contributed by atoms with Crippen molar-refractivity contribution in [2.75, 3.05) is 0 Å². The molecule has 0 aromatic heterocycles. The van der Waals surface area contributed by atoms with Crippen molar-refractivity contribution in [3.63, 3.8) is 0 Å². The van der Waals surface area contributed by atoms with Crippen LogP contribution in [0, 0.1) is 0 Å². The van der Waals surface area contributed by atoms with Crippen molar-refractivity contribution in [3.05, 3.63) is 0 Å². The fraction of sp³-hybridized carbons (Fsp3) is 1.00. The third kappa shape index (κ3) is 141. The summed E-state index contributed by atoms with van der Waals surface area (Å²) in [5, 5.41) is 0. The zero-order valence-corrected chi connectivity index (χ0v) is 6.12. The van der Waals surface area contributed by atoms with Gasteiger partial charge in [-0.15, -0.1) is 0 Å². The van der Waals surface area contributed by atoms with E-state index in [0.29, 0.717) is 0 Å². The van der Waals surface area contributed by atoms with Gasteiger partial charge in [-0.25, -0.2) is 0 Å². The minimum absolute atomic E-state index is 0. The number of hydrogen-bond acceptors (Lipinski definition) is 0. The lowest BCUT2D eigenvalue weighted by molar-refractivity contribution is 1.50. The summed E-state index contributed by atoms with van der Waals surface area (Å²) >= 11 is 0. The summed E-state index contributed by atoms with van der Waals surface area (Å²) in [6.07, 6.45) is 0. The Balaban J connectivity index is -0.0000000133. The molecule has 0 rings (SSSR count). The Morgan fingerprint density at radius 1 is 0.600 bits per heavy atom. The van der Waals surface area contributed by atoms with Gasteiger partial charge in [0.25, 0.3) is 0 Å². The Kier molecular flexibility index (Phi) is 1020. The van der Waals surface area contributed by atoms with E-state index in [1.165, 1.54) is 0 Å². The van der Waals surface area contributed by atoms with E-state index in [2.05, 4.69) is 0 Å². The summed E-state index contributed by atoms with van der Waals surface area (Å²) < 4.78 is 0. The molecule has 0 nitrogen and oxygen atoms in total. The van der Waals surface area contributed by atoms with Crippen LogP contribution >= 0.6 is 9.90 Å². The van der Waals surface area contributed by atoms with Crippen LogP contribution in [0.3, 0.4) is 0 Å². The molecule has 0 bridgehead atoms. The van der Waals surface area contributed by atoms with E-state index in [0.717, 1.165) is 0 Å². The monoisotopic (exact) mass is 94.1 g/mol. The second kappa shape index (κ2) is 282. The minimum Gasteiger partial charge on any atom is -0.153 e. The van der Waals surface area contributed by atoms with E-state index in [-0.39, 0.29) is 9.90 Å². The molecule has 1 atom stereocenters. The molecule has 5 heavy (non-hydrogen) atoms. The lowest BCUT2D eigenvalue weighted by Crippen LogP contribution is -0.856. The van der Waals surface area contributed by atoms with Crippen molar-refractivity contribution in [3.8, 4) is 0 Å². The maximum atomic E-state index is 2.00. The summed E-state index contributed by atoms with van der Waals surface area (Å²) in [4.78, 5) is 0. The fourth-order valence-corrected chi connectivity index (χ4v) is 0. The summed E-state index contributed by atoms with van der Waals surface area (Å²) in [6, 6.07) is 0. The van der Waals surface area contributed by atoms with E-state index in [1.54, 1.807) is 0 Å². The fourth-order valence-electron chi connectivity index (χ4n) is 0. The first-order valence-corrected chi connectivity index (χ1v) is 2.00. The molecule has 0 fully saturated rings. The van der Waals surface area contributed by atoms with E-state index in [9.17, 15) is 0 Å². The Morgan fingerprint density at radius 2 is 0.600 bits per heavy atom. The van der Waals surface area contributed by atoms with Crippen LogP contribution in [-0.2, 0) is 0 Å². The van der Waals surface area contributed by atoms with Gasteiger partial charge in [0, 0.05) is 0 Å². The lowest BCUT2D eigenvalue weighted by Gasteiger charge is -1.07. The smallest absolute Gasteiger partial charge is 0.0683 e. The molecule has 0 aromatic rings. The molecule has 0 saturated carbocycles. The highest BCUT2D eigenvalue weighted by Gasteiger charge is 0.934. The SMILES string of the molecule is CC.CC.P. The number of hydrogen-bond donors (Lipinski definition) is 0. The Bertz CT molecular complexity index is 3.61. The molecule has 0 aliphatic rings. The summed E-state index contributed by atoms with van der Waals surface area (Å²) in [5.74, 6) is 0. The van der Waals surface area contributed by atoms with Gasteiger partial charge in [-0.1, -0.05) is 27.7 Å². The topological polar surface area (TPSA) is 0 Å². The Hall–Kier alpha value is 0.430. The van der Waals surface area contributed by atoms with Gasteiger partial charge in [0.15, 0.2) is 0 Å². The molecule has 0 aliphatic heterocycles. The third-order valence-electron chi connectivity index (χ3n) is 0. The molecule has 0 N–H and O–H groups in total. The maximum Gasteiger partial charge on any atom is -0.0683 e. The van der Waals surface area contributed by atoms with Gasteiger partial charge >= 0.3 is 0 Å². The molecule has 0 heterocycles. The van der Waals surface area contributed by atoms with Crippen LogP contribution in [0.2, 0.25) is 0 Å². The molecular weight excluding hydrogens is 79.0 g/mol. The highest BCUT2D eigenvalue weighted by Crippen LogP contribution is 1.15. The average molecular weight is 94.1 g/mol. The molecule has 0 aromatic carbocycles. The van der Waals surface area contributed by atoms with Crippen molar-refractivity contribution in [2.45, 2.75) is 27.7 Å². The first-order valence-electron chi connectivity index (χ1n) is 2.00. The molecule has 1 heteroatoms. The Morgan fingerprint density at radius 3 is 0.600 bits per heavy atom. The van der Waals surface area contributed by atoms with Crippen LogP contribution in [0.15, 0.2) is 0 Å². The predicted octanol–water partition coefficient (Wildman–Crippen LogP) is 2.11. The van der Waals surface area contributed by atoms with Gasteiger partial charge in [-0.05, 0) is 0 Å². The van der Waals surface area contributed by atoms with Crippen LogP contribution in [0.25, 0.3) is 0 Å². The summed E-state index contributed by atoms with van der Waals surface area (Å²) in [7, 11) is 0. The zero-order valence-electron chi connectivity index (χ0n) is 4.71. The molecule has 36 valence electrons. The maximum absolute atomic E-state index is 2.00. The van der Waals surface area contributed by atoms with Gasteiger partial charge < -0.3 is 0 Å². The van der Waals surface area contributed by atoms with E-state index < -0.39 is 0 Å². The largest absolute Gasteiger partial charge is 0.153 e. The van der Waals surface area contributed by atoms with Crippen molar-refractivity contribution >= 4 is 9.90 Å². The quantitative estimate of drug-likeness (QED) is 0.403. The molecule has 0 saturated heterocycles. The van der Waals surface area contributed by atoms with Crippen LogP contribution < -0.4 is 0 Å². The van der Waals surface area contributed by atoms with E-state index in [1.807, 2.05) is 27.7 Å². The first-order chi connectivity index (χ1) is 2.00. The van der Waals surface area contributed by atoms with Gasteiger partial charge in [0.2, 0.25) is 0 Å². The van der Waals surface area contributed by atoms with Crippen LogP contribution in [-0.4, -0.2) is 0 Å². The highest BCUT2D eigenvalue weighted by molar-refractivity contribution is 6.92.